The van der Waals surface area contributed by atoms with Crippen LogP contribution in [-0.2, 0) is 16.0 Å². The van der Waals surface area contributed by atoms with Crippen LogP contribution in [0.3, 0.4) is 0 Å². The molecule has 2 atom stereocenters. The maximum Gasteiger partial charge on any atom is 0.239 e. The number of hydrogen-bond donors (Lipinski definition) is 4. The number of ether oxygens (including phenoxy) is 1. The van der Waals surface area contributed by atoms with Gasteiger partial charge < -0.3 is 20.9 Å². The van der Waals surface area contributed by atoms with E-state index in [0.29, 0.717) is 18.6 Å². The van der Waals surface area contributed by atoms with E-state index < -0.39 is 18.1 Å². The summed E-state index contributed by atoms with van der Waals surface area (Å²) in [7, 11) is 0. The van der Waals surface area contributed by atoms with Crippen molar-refractivity contribution in [1.29, 1.82) is 0 Å². The Morgan fingerprint density at radius 3 is 2.74 bits per heavy atom. The van der Waals surface area contributed by atoms with Crippen LogP contribution in [0.4, 0.5) is 5.69 Å². The lowest BCUT2D eigenvalue weighted by atomic mass is 10.0. The molecule has 0 saturated carbocycles. The van der Waals surface area contributed by atoms with E-state index >= 15 is 0 Å². The standard InChI is InChI=1S/C20H23N3O4/c21-20(26)19(13-4-2-1-3-5-13)22-11-15(24)12-27-16-7-8-17-14(10-16)6-9-18(25)23-17/h1-5,7-8,10,15,19,22,24H,6,9,11-12H2,(H2,21,26)(H,23,25). The van der Waals surface area contributed by atoms with Gasteiger partial charge in [0.1, 0.15) is 24.5 Å². The highest BCUT2D eigenvalue weighted by atomic mass is 16.5. The number of nitrogens with two attached hydrogens (primary N) is 1. The van der Waals surface area contributed by atoms with Gasteiger partial charge in [-0.25, -0.2) is 0 Å². The minimum atomic E-state index is -0.814. The predicted octanol–water partition coefficient (Wildman–Crippen LogP) is 1.13. The third-order valence-electron chi connectivity index (χ3n) is 4.39. The highest BCUT2D eigenvalue weighted by Crippen LogP contribution is 2.26. The van der Waals surface area contributed by atoms with Gasteiger partial charge in [-0.15, -0.1) is 0 Å². The Labute approximate surface area is 157 Å². The number of rotatable bonds is 8. The number of primary amides is 1. The van der Waals surface area contributed by atoms with Gasteiger partial charge >= 0.3 is 0 Å². The average Bonchev–Trinajstić information content (AvgIpc) is 2.67. The maximum atomic E-state index is 11.7. The molecule has 0 bridgehead atoms. The summed E-state index contributed by atoms with van der Waals surface area (Å²) >= 11 is 0. The monoisotopic (exact) mass is 369 g/mol. The van der Waals surface area contributed by atoms with E-state index in [2.05, 4.69) is 10.6 Å². The second-order valence-electron chi connectivity index (χ2n) is 6.49. The van der Waals surface area contributed by atoms with Crippen LogP contribution in [0.5, 0.6) is 5.75 Å². The summed E-state index contributed by atoms with van der Waals surface area (Å²) in [4.78, 5) is 23.1. The lowest BCUT2D eigenvalue weighted by molar-refractivity contribution is -0.120. The Morgan fingerprint density at radius 1 is 1.22 bits per heavy atom. The smallest absolute Gasteiger partial charge is 0.239 e. The number of carbonyl (C=O) groups excluding carboxylic acids is 2. The Hall–Kier alpha value is -2.90. The minimum absolute atomic E-state index is 0.0140. The van der Waals surface area contributed by atoms with Gasteiger partial charge in [0, 0.05) is 18.7 Å². The number of aliphatic hydroxyl groups is 1. The van der Waals surface area contributed by atoms with E-state index in [9.17, 15) is 14.7 Å². The summed E-state index contributed by atoms with van der Waals surface area (Å²) in [5.41, 5.74) is 8.01. The van der Waals surface area contributed by atoms with Gasteiger partial charge in [0.2, 0.25) is 11.8 Å². The van der Waals surface area contributed by atoms with Crippen LogP contribution >= 0.6 is 0 Å². The van der Waals surface area contributed by atoms with E-state index in [4.69, 9.17) is 10.5 Å². The van der Waals surface area contributed by atoms with Crippen LogP contribution in [0.25, 0.3) is 0 Å². The normalized spacial score (nSPS) is 15.4. The molecule has 0 aromatic heterocycles. The Kier molecular flexibility index (Phi) is 6.05. The van der Waals surface area contributed by atoms with Crippen molar-refractivity contribution in [2.45, 2.75) is 25.0 Å². The predicted molar refractivity (Wildman–Crippen MR) is 101 cm³/mol. The molecule has 0 saturated heterocycles. The average molecular weight is 369 g/mol. The van der Waals surface area contributed by atoms with Crippen molar-refractivity contribution in [3.05, 3.63) is 59.7 Å². The SMILES string of the molecule is NC(=O)C(NCC(O)COc1ccc2c(c1)CCC(=O)N2)c1ccccc1. The van der Waals surface area contributed by atoms with Gasteiger partial charge in [-0.3, -0.25) is 14.9 Å². The molecule has 2 aromatic carbocycles. The first-order valence-corrected chi connectivity index (χ1v) is 8.84. The molecule has 3 rings (SSSR count). The molecule has 0 aliphatic carbocycles. The molecule has 2 amide bonds. The lowest BCUT2D eigenvalue weighted by Crippen LogP contribution is -2.39. The number of hydrogen-bond acceptors (Lipinski definition) is 5. The lowest BCUT2D eigenvalue weighted by Gasteiger charge is -2.20. The number of aliphatic hydroxyl groups excluding tert-OH is 1. The molecule has 2 aromatic rings. The Balaban J connectivity index is 1.51. The number of fused-ring (bicyclic) bond motifs is 1. The van der Waals surface area contributed by atoms with Crippen LogP contribution in [0, 0.1) is 0 Å². The van der Waals surface area contributed by atoms with Crippen LogP contribution in [-0.4, -0.2) is 36.2 Å². The van der Waals surface area contributed by atoms with Gasteiger partial charge in [-0.2, -0.15) is 0 Å². The molecule has 1 aliphatic heterocycles. The van der Waals surface area contributed by atoms with Crippen LogP contribution in [0.2, 0.25) is 0 Å². The molecular weight excluding hydrogens is 346 g/mol. The van der Waals surface area contributed by atoms with Crippen molar-refractivity contribution in [2.75, 3.05) is 18.5 Å². The molecular formula is C20H23N3O4. The third kappa shape index (κ3) is 5.06. The first kappa shape index (κ1) is 18.9. The molecule has 1 aliphatic rings. The number of anilines is 1. The van der Waals surface area contributed by atoms with E-state index in [-0.39, 0.29) is 19.1 Å². The van der Waals surface area contributed by atoms with Crippen LogP contribution in [0.1, 0.15) is 23.6 Å². The van der Waals surface area contributed by atoms with Crippen molar-refractivity contribution in [1.82, 2.24) is 5.32 Å². The Morgan fingerprint density at radius 2 is 2.00 bits per heavy atom. The van der Waals surface area contributed by atoms with E-state index in [1.807, 2.05) is 24.3 Å². The second kappa shape index (κ2) is 8.66. The number of amides is 2. The van der Waals surface area contributed by atoms with Crippen molar-refractivity contribution in [3.8, 4) is 5.75 Å². The van der Waals surface area contributed by atoms with Gasteiger partial charge in [-0.1, -0.05) is 30.3 Å². The molecule has 142 valence electrons. The van der Waals surface area contributed by atoms with Crippen molar-refractivity contribution in [2.24, 2.45) is 5.73 Å². The summed E-state index contributed by atoms with van der Waals surface area (Å²) in [6.45, 7) is 0.224. The van der Waals surface area contributed by atoms with Crippen LogP contribution < -0.4 is 21.1 Å². The van der Waals surface area contributed by atoms with E-state index in [1.54, 1.807) is 24.3 Å². The molecule has 0 spiro atoms. The van der Waals surface area contributed by atoms with Gasteiger partial charge in [-0.05, 0) is 35.7 Å². The quantitative estimate of drug-likeness (QED) is 0.557. The summed E-state index contributed by atoms with van der Waals surface area (Å²) < 4.78 is 5.64. The number of aryl methyl sites for hydroxylation is 1. The summed E-state index contributed by atoms with van der Waals surface area (Å²) in [6.07, 6.45) is 0.308. The first-order valence-electron chi connectivity index (χ1n) is 8.84. The summed E-state index contributed by atoms with van der Waals surface area (Å²) in [5, 5.41) is 16.0. The van der Waals surface area contributed by atoms with E-state index in [1.165, 1.54) is 0 Å². The van der Waals surface area contributed by atoms with Crippen molar-refractivity contribution >= 4 is 17.5 Å². The summed E-state index contributed by atoms with van der Waals surface area (Å²) in [5.74, 6) is 0.129. The molecule has 7 nitrogen and oxygen atoms in total. The first-order chi connectivity index (χ1) is 13.0. The number of nitrogens with one attached hydrogen (secondary N) is 2. The highest BCUT2D eigenvalue weighted by molar-refractivity contribution is 5.94. The molecule has 7 heteroatoms. The molecule has 27 heavy (non-hydrogen) atoms. The van der Waals surface area contributed by atoms with Crippen LogP contribution in [0.15, 0.2) is 48.5 Å². The molecule has 2 unspecified atom stereocenters. The van der Waals surface area contributed by atoms with Gasteiger partial charge in [0.05, 0.1) is 0 Å². The largest absolute Gasteiger partial charge is 0.491 e. The molecule has 0 fully saturated rings. The fraction of sp³-hybridized carbons (Fsp3) is 0.300. The van der Waals surface area contributed by atoms with Gasteiger partial charge in [0.25, 0.3) is 0 Å². The fourth-order valence-electron chi connectivity index (χ4n) is 2.98. The summed E-state index contributed by atoms with van der Waals surface area (Å²) in [6, 6.07) is 13.9. The van der Waals surface area contributed by atoms with E-state index in [0.717, 1.165) is 16.8 Å². The van der Waals surface area contributed by atoms with Crippen molar-refractivity contribution < 1.29 is 19.4 Å². The second-order valence-corrected chi connectivity index (χ2v) is 6.49. The minimum Gasteiger partial charge on any atom is -0.491 e. The topological polar surface area (TPSA) is 114 Å². The fourth-order valence-corrected chi connectivity index (χ4v) is 2.98. The Bertz CT molecular complexity index is 810. The number of benzene rings is 2. The van der Waals surface area contributed by atoms with Crippen molar-refractivity contribution in [3.63, 3.8) is 0 Å². The highest BCUT2D eigenvalue weighted by Gasteiger charge is 2.19. The van der Waals surface area contributed by atoms with Gasteiger partial charge in [0.15, 0.2) is 0 Å². The zero-order valence-electron chi connectivity index (χ0n) is 14.9. The maximum absolute atomic E-state index is 11.7. The zero-order valence-corrected chi connectivity index (χ0v) is 14.9. The number of carbonyl (C=O) groups is 2. The zero-order chi connectivity index (χ0) is 19.2. The third-order valence-corrected chi connectivity index (χ3v) is 4.39. The molecule has 1 heterocycles. The molecule has 0 radical (unpaired) electrons. The molecule has 5 N–H and O–H groups in total.